The summed E-state index contributed by atoms with van der Waals surface area (Å²) in [4.78, 5) is 30.9. The lowest BCUT2D eigenvalue weighted by atomic mass is 9.86. The fourth-order valence-electron chi connectivity index (χ4n) is 4.09. The number of amides is 1. The van der Waals surface area contributed by atoms with E-state index in [0.29, 0.717) is 46.3 Å². The molecule has 0 aliphatic heterocycles. The highest BCUT2D eigenvalue weighted by molar-refractivity contribution is 6.05. The summed E-state index contributed by atoms with van der Waals surface area (Å²) in [6.07, 6.45) is 3.10. The van der Waals surface area contributed by atoms with E-state index in [2.05, 4.69) is 42.0 Å². The predicted molar refractivity (Wildman–Crippen MR) is 156 cm³/mol. The first-order valence-electron chi connectivity index (χ1n) is 12.8. The Labute approximate surface area is 232 Å². The average Bonchev–Trinajstić information content (AvgIpc) is 2.98. The van der Waals surface area contributed by atoms with Crippen molar-refractivity contribution in [3.63, 3.8) is 0 Å². The Hall–Kier alpha value is -5.36. The minimum Gasteiger partial charge on any atom is -0.350 e. The molecule has 0 fully saturated rings. The third kappa shape index (κ3) is 5.87. The van der Waals surface area contributed by atoms with Crippen LogP contribution in [0.25, 0.3) is 11.0 Å². The third-order valence-corrected chi connectivity index (χ3v) is 6.55. The van der Waals surface area contributed by atoms with E-state index in [1.807, 2.05) is 75.4 Å². The van der Waals surface area contributed by atoms with Gasteiger partial charge in [-0.25, -0.2) is 19.9 Å². The molecule has 198 valence electrons. The van der Waals surface area contributed by atoms with Gasteiger partial charge in [-0.1, -0.05) is 48.5 Å². The highest BCUT2D eigenvalue weighted by Gasteiger charge is 2.20. The zero-order valence-corrected chi connectivity index (χ0v) is 22.4. The van der Waals surface area contributed by atoms with Gasteiger partial charge in [0.25, 0.3) is 5.91 Å². The number of benzene rings is 3. The fraction of sp³-hybridized carbons (Fsp3) is 0.161. The molecule has 3 N–H and O–H groups in total. The summed E-state index contributed by atoms with van der Waals surface area (Å²) in [6.45, 7) is 6.21. The van der Waals surface area contributed by atoms with Gasteiger partial charge in [0.15, 0.2) is 5.82 Å². The van der Waals surface area contributed by atoms with E-state index in [1.54, 1.807) is 24.4 Å². The number of aryl methyl sites for hydroxylation is 1. The number of aromatic nitrogens is 4. The van der Waals surface area contributed by atoms with Crippen molar-refractivity contribution in [2.24, 2.45) is 0 Å². The van der Waals surface area contributed by atoms with Gasteiger partial charge < -0.3 is 16.0 Å². The molecule has 0 unspecified atom stereocenters. The Kier molecular flexibility index (Phi) is 7.33. The molecular formula is C31H28N8O. The van der Waals surface area contributed by atoms with Crippen LogP contribution in [-0.2, 0) is 12.0 Å². The van der Waals surface area contributed by atoms with Gasteiger partial charge in [0.1, 0.15) is 17.4 Å². The Morgan fingerprint density at radius 2 is 1.80 bits per heavy atom. The minimum absolute atomic E-state index is 0.266. The lowest BCUT2D eigenvalue weighted by Gasteiger charge is -2.17. The summed E-state index contributed by atoms with van der Waals surface area (Å²) < 4.78 is 0. The van der Waals surface area contributed by atoms with Gasteiger partial charge in [0.2, 0.25) is 5.95 Å². The van der Waals surface area contributed by atoms with E-state index in [1.165, 1.54) is 6.33 Å². The highest BCUT2D eigenvalue weighted by Crippen LogP contribution is 2.27. The summed E-state index contributed by atoms with van der Waals surface area (Å²) in [5.41, 5.74) is 5.15. The van der Waals surface area contributed by atoms with Crippen molar-refractivity contribution in [3.05, 3.63) is 108 Å². The molecule has 3 aromatic carbocycles. The summed E-state index contributed by atoms with van der Waals surface area (Å²) in [5.74, 6) is 0.695. The standard InChI is InChI=1S/C31H28N8O/c1-20-12-13-22(29(40)37-24-11-7-10-23(15-24)31(2,3)18-32)14-25(20)38-28-27-26(35-19-36-28)17-34-30(39-27)33-16-21-8-5-4-6-9-21/h4-15,17,19H,16H2,1-3H3,(H,37,40)(H,33,34,39)(H,35,36,38). The van der Waals surface area contributed by atoms with Crippen LogP contribution in [0.15, 0.2) is 85.3 Å². The van der Waals surface area contributed by atoms with Crippen molar-refractivity contribution in [1.82, 2.24) is 19.9 Å². The van der Waals surface area contributed by atoms with Crippen LogP contribution in [0.5, 0.6) is 0 Å². The van der Waals surface area contributed by atoms with E-state index in [9.17, 15) is 10.1 Å². The van der Waals surface area contributed by atoms with Crippen molar-refractivity contribution >= 4 is 40.1 Å². The Morgan fingerprint density at radius 3 is 2.60 bits per heavy atom. The molecule has 0 saturated carbocycles. The Balaban J connectivity index is 1.37. The number of hydrogen-bond acceptors (Lipinski definition) is 8. The second kappa shape index (κ2) is 11.2. The maximum atomic E-state index is 13.1. The summed E-state index contributed by atoms with van der Waals surface area (Å²) in [7, 11) is 0. The molecule has 5 rings (SSSR count). The maximum Gasteiger partial charge on any atom is 0.255 e. The fourth-order valence-corrected chi connectivity index (χ4v) is 4.09. The third-order valence-electron chi connectivity index (χ3n) is 6.55. The molecule has 0 aliphatic carbocycles. The van der Waals surface area contributed by atoms with Crippen LogP contribution in [0.3, 0.4) is 0 Å². The second-order valence-corrected chi connectivity index (χ2v) is 9.92. The number of nitriles is 1. The van der Waals surface area contributed by atoms with Gasteiger partial charge in [-0.3, -0.25) is 4.79 Å². The summed E-state index contributed by atoms with van der Waals surface area (Å²) >= 11 is 0. The van der Waals surface area contributed by atoms with Gasteiger partial charge in [0, 0.05) is 23.5 Å². The minimum atomic E-state index is -0.664. The second-order valence-electron chi connectivity index (χ2n) is 9.92. The van der Waals surface area contributed by atoms with E-state index >= 15 is 0 Å². The smallest absolute Gasteiger partial charge is 0.255 e. The van der Waals surface area contributed by atoms with Crippen molar-refractivity contribution < 1.29 is 4.79 Å². The van der Waals surface area contributed by atoms with Gasteiger partial charge in [-0.2, -0.15) is 5.26 Å². The molecule has 5 aromatic rings. The normalized spacial score (nSPS) is 11.1. The Morgan fingerprint density at radius 1 is 0.975 bits per heavy atom. The largest absolute Gasteiger partial charge is 0.350 e. The number of carbonyl (C=O) groups is 1. The highest BCUT2D eigenvalue weighted by atomic mass is 16.1. The number of nitrogens with zero attached hydrogens (tertiary/aromatic N) is 5. The molecule has 9 heteroatoms. The molecule has 9 nitrogen and oxygen atoms in total. The molecule has 0 atom stereocenters. The van der Waals surface area contributed by atoms with Crippen molar-refractivity contribution in [2.75, 3.05) is 16.0 Å². The summed E-state index contributed by atoms with van der Waals surface area (Å²) in [6, 6.07) is 25.0. The van der Waals surface area contributed by atoms with E-state index in [0.717, 1.165) is 16.7 Å². The molecular weight excluding hydrogens is 500 g/mol. The van der Waals surface area contributed by atoms with Crippen LogP contribution in [0.1, 0.15) is 40.9 Å². The monoisotopic (exact) mass is 528 g/mol. The maximum absolute atomic E-state index is 13.1. The molecule has 2 heterocycles. The van der Waals surface area contributed by atoms with Crippen molar-refractivity contribution in [2.45, 2.75) is 32.7 Å². The topological polar surface area (TPSA) is 129 Å². The van der Waals surface area contributed by atoms with Crippen LogP contribution < -0.4 is 16.0 Å². The number of nitrogens with one attached hydrogen (secondary N) is 3. The molecule has 0 radical (unpaired) electrons. The van der Waals surface area contributed by atoms with Crippen LogP contribution in [0.2, 0.25) is 0 Å². The van der Waals surface area contributed by atoms with E-state index in [-0.39, 0.29) is 5.91 Å². The average molecular weight is 529 g/mol. The lowest BCUT2D eigenvalue weighted by Crippen LogP contribution is -2.16. The van der Waals surface area contributed by atoms with E-state index < -0.39 is 5.41 Å². The first-order valence-corrected chi connectivity index (χ1v) is 12.8. The SMILES string of the molecule is Cc1ccc(C(=O)Nc2cccc(C(C)(C)C#N)c2)cc1Nc1ncnc2cnc(NCc3ccccc3)nc12. The molecule has 0 bridgehead atoms. The van der Waals surface area contributed by atoms with Crippen LogP contribution in [-0.4, -0.2) is 25.8 Å². The molecule has 0 aliphatic rings. The number of anilines is 4. The number of carbonyl (C=O) groups excluding carboxylic acids is 1. The first kappa shape index (κ1) is 26.3. The van der Waals surface area contributed by atoms with Gasteiger partial charge in [0.05, 0.1) is 17.7 Å². The zero-order chi connectivity index (χ0) is 28.1. The molecule has 0 saturated heterocycles. The number of fused-ring (bicyclic) bond motifs is 1. The Bertz CT molecular complexity index is 1730. The predicted octanol–water partition coefficient (Wildman–Crippen LogP) is 6.14. The van der Waals surface area contributed by atoms with E-state index in [4.69, 9.17) is 0 Å². The van der Waals surface area contributed by atoms with Crippen LogP contribution in [0, 0.1) is 18.3 Å². The van der Waals surface area contributed by atoms with Gasteiger partial charge >= 0.3 is 0 Å². The van der Waals surface area contributed by atoms with Crippen LogP contribution in [0.4, 0.5) is 23.1 Å². The number of hydrogen-bond donors (Lipinski definition) is 3. The molecule has 1 amide bonds. The van der Waals surface area contributed by atoms with Crippen LogP contribution >= 0.6 is 0 Å². The lowest BCUT2D eigenvalue weighted by molar-refractivity contribution is 0.102. The zero-order valence-electron chi connectivity index (χ0n) is 22.4. The molecule has 40 heavy (non-hydrogen) atoms. The van der Waals surface area contributed by atoms with Crippen molar-refractivity contribution in [3.8, 4) is 6.07 Å². The first-order chi connectivity index (χ1) is 19.3. The van der Waals surface area contributed by atoms with Gasteiger partial charge in [-0.05, 0) is 61.7 Å². The molecule has 0 spiro atoms. The van der Waals surface area contributed by atoms with Gasteiger partial charge in [-0.15, -0.1) is 0 Å². The number of rotatable bonds is 8. The summed E-state index contributed by atoms with van der Waals surface area (Å²) in [5, 5.41) is 19.0. The van der Waals surface area contributed by atoms with Crippen molar-refractivity contribution in [1.29, 1.82) is 5.26 Å². The quantitative estimate of drug-likeness (QED) is 0.219. The molecule has 2 aromatic heterocycles.